The summed E-state index contributed by atoms with van der Waals surface area (Å²) in [6.07, 6.45) is 86.7. The van der Waals surface area contributed by atoms with Gasteiger partial charge in [0.05, 0.1) is 26.4 Å². The second kappa shape index (κ2) is 81.3. The molecule has 0 aliphatic heterocycles. The van der Waals surface area contributed by atoms with E-state index in [-0.39, 0.29) is 25.7 Å². The van der Waals surface area contributed by atoms with Gasteiger partial charge in [-0.2, -0.15) is 0 Å². The minimum absolute atomic E-state index is 0.0785. The van der Waals surface area contributed by atoms with Gasteiger partial charge in [0.2, 0.25) is 0 Å². The summed E-state index contributed by atoms with van der Waals surface area (Å²) in [6, 6.07) is 0. The van der Waals surface area contributed by atoms with Crippen LogP contribution in [0.15, 0.2) is 85.1 Å². The molecule has 17 nitrogen and oxygen atoms in total. The molecule has 0 saturated carbocycles. The maximum Gasteiger partial charge on any atom is 0.472 e. The monoisotopic (exact) mass is 1560 g/mol. The molecular formula is C89H160O17P2. The van der Waals surface area contributed by atoms with Gasteiger partial charge in [-0.3, -0.25) is 37.3 Å². The topological polar surface area (TPSA) is 237 Å². The quantitative estimate of drug-likeness (QED) is 0.0169. The van der Waals surface area contributed by atoms with E-state index in [0.29, 0.717) is 25.7 Å². The first-order valence-corrected chi connectivity index (χ1v) is 46.8. The minimum atomic E-state index is -4.99. The summed E-state index contributed by atoms with van der Waals surface area (Å²) >= 11 is 0. The zero-order valence-corrected chi connectivity index (χ0v) is 70.8. The molecule has 0 aromatic rings. The molecular weight excluding hydrogens is 1400 g/mol. The van der Waals surface area contributed by atoms with Crippen LogP contribution in [0.5, 0.6) is 0 Å². The molecule has 108 heavy (non-hydrogen) atoms. The molecule has 0 aliphatic carbocycles. The van der Waals surface area contributed by atoms with Gasteiger partial charge in [-0.1, -0.05) is 357 Å². The lowest BCUT2D eigenvalue weighted by Crippen LogP contribution is -2.30. The number of phosphoric ester groups is 2. The minimum Gasteiger partial charge on any atom is -0.462 e. The van der Waals surface area contributed by atoms with E-state index in [1.165, 1.54) is 154 Å². The first-order valence-electron chi connectivity index (χ1n) is 43.8. The Balaban J connectivity index is 5.36. The maximum atomic E-state index is 13.2. The molecule has 3 N–H and O–H groups in total. The Labute approximate surface area is 659 Å². The molecule has 0 fully saturated rings. The predicted molar refractivity (Wildman–Crippen MR) is 446 cm³/mol. The predicted octanol–water partition coefficient (Wildman–Crippen LogP) is 26.1. The van der Waals surface area contributed by atoms with Crippen LogP contribution >= 0.6 is 15.6 Å². The van der Waals surface area contributed by atoms with Gasteiger partial charge >= 0.3 is 39.5 Å². The van der Waals surface area contributed by atoms with Crippen molar-refractivity contribution in [1.82, 2.24) is 0 Å². The molecule has 0 heterocycles. The lowest BCUT2D eigenvalue weighted by molar-refractivity contribution is -0.161. The van der Waals surface area contributed by atoms with Crippen molar-refractivity contribution in [3.8, 4) is 0 Å². The van der Waals surface area contributed by atoms with Crippen molar-refractivity contribution >= 4 is 39.5 Å². The number of phosphoric acid groups is 2. The summed E-state index contributed by atoms with van der Waals surface area (Å²) in [4.78, 5) is 73.3. The Hall–Kier alpha value is -3.76. The van der Waals surface area contributed by atoms with Crippen LogP contribution in [0.3, 0.4) is 0 Å². The van der Waals surface area contributed by atoms with Crippen LogP contribution in [-0.2, 0) is 65.4 Å². The molecule has 0 amide bonds. The smallest absolute Gasteiger partial charge is 0.462 e. The zero-order chi connectivity index (χ0) is 78.9. The third-order valence-electron chi connectivity index (χ3n) is 18.9. The van der Waals surface area contributed by atoms with Gasteiger partial charge in [0, 0.05) is 25.7 Å². The van der Waals surface area contributed by atoms with E-state index in [2.05, 4.69) is 113 Å². The Morgan fingerprint density at radius 3 is 0.759 bits per heavy atom. The van der Waals surface area contributed by atoms with E-state index < -0.39 is 97.5 Å². The second-order valence-corrected chi connectivity index (χ2v) is 32.4. The molecule has 628 valence electrons. The maximum absolute atomic E-state index is 13.2. The van der Waals surface area contributed by atoms with Gasteiger partial charge in [-0.25, -0.2) is 9.13 Å². The summed E-state index contributed by atoms with van der Waals surface area (Å²) in [5.41, 5.74) is 0. The largest absolute Gasteiger partial charge is 0.472 e. The first-order chi connectivity index (χ1) is 52.7. The van der Waals surface area contributed by atoms with Crippen molar-refractivity contribution < 1.29 is 80.2 Å². The van der Waals surface area contributed by atoms with Crippen molar-refractivity contribution in [3.05, 3.63) is 85.1 Å². The second-order valence-electron chi connectivity index (χ2n) is 29.5. The molecule has 0 rings (SSSR count). The lowest BCUT2D eigenvalue weighted by atomic mass is 10.0. The van der Waals surface area contributed by atoms with E-state index in [4.69, 9.17) is 37.0 Å². The number of aliphatic hydroxyl groups is 1. The number of hydrogen-bond donors (Lipinski definition) is 3. The standard InChI is InChI=1S/C89H160O17P2/c1-5-9-13-17-21-25-29-33-37-39-41-43-47-50-54-58-62-66-70-74-87(92)100-80-85(106-89(94)76-72-68-64-60-56-52-48-44-42-40-38-34-30-26-22-18-14-10-6-2)82-104-108(97,98)102-78-83(90)77-101-107(95,96)103-81-84(105-88(93)75-71-67-63-59-55-51-46-36-32-28-24-20-16-12-8-4)79-99-86(91)73-69-65-61-57-53-49-45-35-31-27-23-19-15-11-7-3/h9,13,21-22,25-26,33-34,37-38,41-44,83-85,90H,5-8,10-12,14-20,23-24,27-32,35-36,39-40,45-82H2,1-4H3,(H,95,96)(H,97,98)/b13-9-,25-21-,26-22-,37-33-,38-34-,43-41-,44-42-. The van der Waals surface area contributed by atoms with Gasteiger partial charge in [-0.15, -0.1) is 0 Å². The molecule has 0 aromatic heterocycles. The summed E-state index contributed by atoms with van der Waals surface area (Å²) in [7, 11) is -9.96. The number of carbonyl (C=O) groups is 4. The summed E-state index contributed by atoms with van der Waals surface area (Å²) in [5.74, 6) is -2.16. The highest BCUT2D eigenvalue weighted by atomic mass is 31.2. The summed E-state index contributed by atoms with van der Waals surface area (Å²) < 4.78 is 68.9. The molecule has 5 atom stereocenters. The first kappa shape index (κ1) is 104. The fourth-order valence-electron chi connectivity index (χ4n) is 12.2. The third-order valence-corrected chi connectivity index (χ3v) is 20.8. The number of carbonyl (C=O) groups excluding carboxylic acids is 4. The lowest BCUT2D eigenvalue weighted by Gasteiger charge is -2.21. The van der Waals surface area contributed by atoms with Gasteiger partial charge in [0.15, 0.2) is 12.2 Å². The molecule has 0 radical (unpaired) electrons. The van der Waals surface area contributed by atoms with E-state index in [1.807, 2.05) is 0 Å². The zero-order valence-electron chi connectivity index (χ0n) is 69.0. The van der Waals surface area contributed by atoms with Gasteiger partial charge in [-0.05, 0) is 103 Å². The molecule has 0 aromatic carbocycles. The van der Waals surface area contributed by atoms with E-state index in [0.717, 1.165) is 167 Å². The van der Waals surface area contributed by atoms with E-state index >= 15 is 0 Å². The fourth-order valence-corrected chi connectivity index (χ4v) is 13.8. The number of hydrogen-bond acceptors (Lipinski definition) is 15. The Bertz CT molecular complexity index is 2370. The third kappa shape index (κ3) is 80.3. The molecule has 5 unspecified atom stereocenters. The highest BCUT2D eigenvalue weighted by Crippen LogP contribution is 2.45. The van der Waals surface area contributed by atoms with Crippen LogP contribution < -0.4 is 0 Å². The fraction of sp³-hybridized carbons (Fsp3) is 0.798. The molecule has 0 saturated heterocycles. The Kier molecular flexibility index (Phi) is 78.4. The number of ether oxygens (including phenoxy) is 4. The van der Waals surface area contributed by atoms with Crippen LogP contribution in [0.1, 0.15) is 400 Å². The van der Waals surface area contributed by atoms with Crippen LogP contribution in [0, 0.1) is 0 Å². The van der Waals surface area contributed by atoms with Gasteiger partial charge < -0.3 is 33.8 Å². The number of esters is 4. The SMILES string of the molecule is CC/C=C\C/C=C\C/C=C\C/C=C\CCCCCCCCC(=O)OCC(COP(=O)(O)OCC(O)COP(=O)(O)OCC(COC(=O)CCCCCCCCCCCCCCCCC)OC(=O)CCCCCCCCCCCCCCCCC)OC(=O)CCCCCCCC/C=C\C/C=C\C/C=C\CCCCC. The number of rotatable bonds is 83. The average molecular weight is 1560 g/mol. The van der Waals surface area contributed by atoms with Gasteiger partial charge in [0.1, 0.15) is 19.3 Å². The number of aliphatic hydroxyl groups excluding tert-OH is 1. The Morgan fingerprint density at radius 2 is 0.481 bits per heavy atom. The van der Waals surface area contributed by atoms with Crippen molar-refractivity contribution in [2.75, 3.05) is 39.6 Å². The molecule has 0 spiro atoms. The highest BCUT2D eigenvalue weighted by Gasteiger charge is 2.30. The average Bonchev–Trinajstić information content (AvgIpc) is 0.896. The van der Waals surface area contributed by atoms with Crippen molar-refractivity contribution in [3.63, 3.8) is 0 Å². The summed E-state index contributed by atoms with van der Waals surface area (Å²) in [6.45, 7) is 4.81. The van der Waals surface area contributed by atoms with Crippen LogP contribution in [0.4, 0.5) is 0 Å². The van der Waals surface area contributed by atoms with Crippen LogP contribution in [0.2, 0.25) is 0 Å². The van der Waals surface area contributed by atoms with Crippen molar-refractivity contribution in [2.45, 2.75) is 418 Å². The number of allylic oxidation sites excluding steroid dienone is 14. The van der Waals surface area contributed by atoms with Crippen LogP contribution in [0.25, 0.3) is 0 Å². The van der Waals surface area contributed by atoms with E-state index in [1.54, 1.807) is 0 Å². The molecule has 0 bridgehead atoms. The van der Waals surface area contributed by atoms with Gasteiger partial charge in [0.25, 0.3) is 0 Å². The van der Waals surface area contributed by atoms with Crippen LogP contribution in [-0.4, -0.2) is 96.7 Å². The van der Waals surface area contributed by atoms with E-state index in [9.17, 15) is 43.2 Å². The number of unbranched alkanes of at least 4 members (excludes halogenated alkanes) is 43. The molecule has 19 heteroatoms. The van der Waals surface area contributed by atoms with Crippen molar-refractivity contribution in [1.29, 1.82) is 0 Å². The van der Waals surface area contributed by atoms with Crippen molar-refractivity contribution in [2.24, 2.45) is 0 Å². The Morgan fingerprint density at radius 1 is 0.269 bits per heavy atom. The normalized spacial score (nSPS) is 14.2. The highest BCUT2D eigenvalue weighted by molar-refractivity contribution is 7.47. The summed E-state index contributed by atoms with van der Waals surface area (Å²) in [5, 5.41) is 10.7. The molecule has 0 aliphatic rings.